The zero-order chi connectivity index (χ0) is 11.1. The van der Waals surface area contributed by atoms with Gasteiger partial charge in [0, 0.05) is 19.0 Å². The molecule has 0 amide bonds. The van der Waals surface area contributed by atoms with Gasteiger partial charge in [-0.25, -0.2) is 0 Å². The molecule has 4 nitrogen and oxygen atoms in total. The third kappa shape index (κ3) is 5.00. The molecule has 0 aliphatic rings. The summed E-state index contributed by atoms with van der Waals surface area (Å²) in [5.74, 6) is -0.200. The molecule has 0 unspecified atom stereocenters. The van der Waals surface area contributed by atoms with E-state index in [9.17, 15) is 4.79 Å². The first-order chi connectivity index (χ1) is 7.18. The van der Waals surface area contributed by atoms with Crippen molar-refractivity contribution in [2.24, 2.45) is 4.99 Å². The molecular weight excluding hydrogens is 192 g/mol. The SMILES string of the molecule is CC(C)OC(=O)CCN=Cc1ccc[nH]1. The number of nitrogens with zero attached hydrogens (tertiary/aromatic N) is 1. The van der Waals surface area contributed by atoms with Gasteiger partial charge in [0.05, 0.1) is 18.2 Å². The van der Waals surface area contributed by atoms with E-state index in [-0.39, 0.29) is 12.1 Å². The zero-order valence-electron chi connectivity index (χ0n) is 9.06. The Kier molecular flexibility index (Phi) is 4.60. The van der Waals surface area contributed by atoms with Gasteiger partial charge < -0.3 is 9.72 Å². The highest BCUT2D eigenvalue weighted by molar-refractivity contribution is 5.77. The van der Waals surface area contributed by atoms with Crippen LogP contribution in [0.25, 0.3) is 0 Å². The number of rotatable bonds is 5. The van der Waals surface area contributed by atoms with E-state index in [0.29, 0.717) is 13.0 Å². The summed E-state index contributed by atoms with van der Waals surface area (Å²) in [5.41, 5.74) is 0.937. The minimum atomic E-state index is -0.200. The molecule has 0 aromatic carbocycles. The Bertz CT molecular complexity index is 315. The van der Waals surface area contributed by atoms with Crippen molar-refractivity contribution >= 4 is 12.2 Å². The van der Waals surface area contributed by atoms with Crippen LogP contribution in [-0.4, -0.2) is 29.8 Å². The van der Waals surface area contributed by atoms with Crippen LogP contribution >= 0.6 is 0 Å². The fourth-order valence-corrected chi connectivity index (χ4v) is 1.07. The van der Waals surface area contributed by atoms with Crippen molar-refractivity contribution in [2.75, 3.05) is 6.54 Å². The number of hydrogen-bond donors (Lipinski definition) is 1. The molecule has 0 spiro atoms. The molecule has 0 aliphatic heterocycles. The van der Waals surface area contributed by atoms with Gasteiger partial charge in [0.1, 0.15) is 0 Å². The number of aliphatic imine (C=N–C) groups is 1. The third-order valence-corrected chi connectivity index (χ3v) is 1.66. The van der Waals surface area contributed by atoms with Gasteiger partial charge in [0.2, 0.25) is 0 Å². The number of H-pyrrole nitrogens is 1. The second kappa shape index (κ2) is 6.01. The van der Waals surface area contributed by atoms with Crippen molar-refractivity contribution in [3.8, 4) is 0 Å². The first-order valence-corrected chi connectivity index (χ1v) is 5.01. The molecule has 0 saturated heterocycles. The van der Waals surface area contributed by atoms with Gasteiger partial charge in [0.25, 0.3) is 0 Å². The molecule has 0 aliphatic carbocycles. The quantitative estimate of drug-likeness (QED) is 0.592. The van der Waals surface area contributed by atoms with Crippen LogP contribution in [0.15, 0.2) is 23.3 Å². The second-order valence-electron chi connectivity index (χ2n) is 3.45. The number of esters is 1. The minimum absolute atomic E-state index is 0.0510. The number of carbonyl (C=O) groups is 1. The number of aromatic amines is 1. The number of ether oxygens (including phenoxy) is 1. The Balaban J connectivity index is 2.19. The molecule has 0 saturated carbocycles. The largest absolute Gasteiger partial charge is 0.463 e. The van der Waals surface area contributed by atoms with Crippen molar-refractivity contribution in [2.45, 2.75) is 26.4 Å². The maximum atomic E-state index is 11.1. The van der Waals surface area contributed by atoms with Gasteiger partial charge in [-0.15, -0.1) is 0 Å². The first kappa shape index (κ1) is 11.5. The summed E-state index contributed by atoms with van der Waals surface area (Å²) in [5, 5.41) is 0. The lowest BCUT2D eigenvalue weighted by Crippen LogP contribution is -2.12. The predicted molar refractivity (Wildman–Crippen MR) is 59.1 cm³/mol. The highest BCUT2D eigenvalue weighted by Gasteiger charge is 2.03. The van der Waals surface area contributed by atoms with Gasteiger partial charge >= 0.3 is 5.97 Å². The molecule has 4 heteroatoms. The topological polar surface area (TPSA) is 54.4 Å². The van der Waals surface area contributed by atoms with Gasteiger partial charge in [0.15, 0.2) is 0 Å². The van der Waals surface area contributed by atoms with Crippen LogP contribution in [0.2, 0.25) is 0 Å². The van der Waals surface area contributed by atoms with Crippen LogP contribution in [0.4, 0.5) is 0 Å². The fraction of sp³-hybridized carbons (Fsp3) is 0.455. The summed E-state index contributed by atoms with van der Waals surface area (Å²) in [6.45, 7) is 4.13. The standard InChI is InChI=1S/C11H16N2O2/c1-9(2)15-11(14)5-7-12-8-10-4-3-6-13-10/h3-4,6,8-9,13H,5,7H2,1-2H3. The molecule has 1 rings (SSSR count). The highest BCUT2D eigenvalue weighted by atomic mass is 16.5. The lowest BCUT2D eigenvalue weighted by Gasteiger charge is -2.05. The smallest absolute Gasteiger partial charge is 0.307 e. The summed E-state index contributed by atoms with van der Waals surface area (Å²) in [4.78, 5) is 18.2. The van der Waals surface area contributed by atoms with Crippen LogP contribution in [-0.2, 0) is 9.53 Å². The first-order valence-electron chi connectivity index (χ1n) is 5.01. The molecule has 1 aromatic rings. The summed E-state index contributed by atoms with van der Waals surface area (Å²) in [6.07, 6.45) is 3.82. The van der Waals surface area contributed by atoms with Crippen molar-refractivity contribution in [3.05, 3.63) is 24.0 Å². The van der Waals surface area contributed by atoms with Gasteiger partial charge in [-0.05, 0) is 26.0 Å². The van der Waals surface area contributed by atoms with E-state index in [1.807, 2.05) is 32.2 Å². The van der Waals surface area contributed by atoms with E-state index in [4.69, 9.17) is 4.74 Å². The number of aromatic nitrogens is 1. The number of hydrogen-bond acceptors (Lipinski definition) is 3. The van der Waals surface area contributed by atoms with E-state index in [1.165, 1.54) is 0 Å². The van der Waals surface area contributed by atoms with Crippen LogP contribution in [0, 0.1) is 0 Å². The van der Waals surface area contributed by atoms with Crippen LogP contribution in [0.3, 0.4) is 0 Å². The summed E-state index contributed by atoms with van der Waals surface area (Å²) < 4.78 is 4.97. The van der Waals surface area contributed by atoms with E-state index in [0.717, 1.165) is 5.69 Å². The highest BCUT2D eigenvalue weighted by Crippen LogP contribution is 1.94. The van der Waals surface area contributed by atoms with Crippen molar-refractivity contribution < 1.29 is 9.53 Å². The average Bonchev–Trinajstić information content (AvgIpc) is 2.63. The molecule has 15 heavy (non-hydrogen) atoms. The van der Waals surface area contributed by atoms with Crippen molar-refractivity contribution in [1.82, 2.24) is 4.98 Å². The molecule has 0 radical (unpaired) electrons. The third-order valence-electron chi connectivity index (χ3n) is 1.66. The Morgan fingerprint density at radius 1 is 1.67 bits per heavy atom. The summed E-state index contributed by atoms with van der Waals surface area (Å²) in [7, 11) is 0. The minimum Gasteiger partial charge on any atom is -0.463 e. The lowest BCUT2D eigenvalue weighted by molar-refractivity contribution is -0.147. The van der Waals surface area contributed by atoms with Crippen LogP contribution < -0.4 is 0 Å². The monoisotopic (exact) mass is 208 g/mol. The van der Waals surface area contributed by atoms with Gasteiger partial charge in [-0.2, -0.15) is 0 Å². The average molecular weight is 208 g/mol. The Morgan fingerprint density at radius 2 is 2.47 bits per heavy atom. The van der Waals surface area contributed by atoms with E-state index >= 15 is 0 Å². The maximum Gasteiger partial charge on any atom is 0.307 e. The van der Waals surface area contributed by atoms with Gasteiger partial charge in [-0.3, -0.25) is 9.79 Å². The predicted octanol–water partition coefficient (Wildman–Crippen LogP) is 1.78. The molecular formula is C11H16N2O2. The molecule has 1 aromatic heterocycles. The Morgan fingerprint density at radius 3 is 3.07 bits per heavy atom. The van der Waals surface area contributed by atoms with Crippen molar-refractivity contribution in [1.29, 1.82) is 0 Å². The Labute approximate surface area is 89.4 Å². The molecule has 0 fully saturated rings. The normalized spacial score (nSPS) is 11.1. The van der Waals surface area contributed by atoms with E-state index < -0.39 is 0 Å². The van der Waals surface area contributed by atoms with Crippen LogP contribution in [0.1, 0.15) is 26.0 Å². The van der Waals surface area contributed by atoms with E-state index in [1.54, 1.807) is 6.21 Å². The molecule has 82 valence electrons. The zero-order valence-corrected chi connectivity index (χ0v) is 9.06. The van der Waals surface area contributed by atoms with E-state index in [2.05, 4.69) is 9.98 Å². The number of carbonyl (C=O) groups excluding carboxylic acids is 1. The summed E-state index contributed by atoms with van der Waals surface area (Å²) in [6, 6.07) is 3.81. The van der Waals surface area contributed by atoms with Crippen molar-refractivity contribution in [3.63, 3.8) is 0 Å². The molecule has 1 N–H and O–H groups in total. The maximum absolute atomic E-state index is 11.1. The van der Waals surface area contributed by atoms with Crippen LogP contribution in [0.5, 0.6) is 0 Å². The molecule has 1 heterocycles. The lowest BCUT2D eigenvalue weighted by atomic mass is 10.4. The number of nitrogens with one attached hydrogen (secondary N) is 1. The molecule has 0 bridgehead atoms. The molecule has 0 atom stereocenters. The Hall–Kier alpha value is -1.58. The van der Waals surface area contributed by atoms with Gasteiger partial charge in [-0.1, -0.05) is 0 Å². The fourth-order valence-electron chi connectivity index (χ4n) is 1.07. The second-order valence-corrected chi connectivity index (χ2v) is 3.45. The summed E-state index contributed by atoms with van der Waals surface area (Å²) >= 11 is 0.